The smallest absolute Gasteiger partial charge is 0.159 e. The third-order valence-electron chi connectivity index (χ3n) is 14.1. The highest BCUT2D eigenvalue weighted by Gasteiger charge is 2.66. The second-order valence-corrected chi connectivity index (χ2v) is 16.5. The maximum Gasteiger partial charge on any atom is 0.159 e. The van der Waals surface area contributed by atoms with E-state index in [1.807, 2.05) is 0 Å². The molecule has 1 nitrogen and oxygen atoms in total. The van der Waals surface area contributed by atoms with Gasteiger partial charge in [-0.05, 0) is 114 Å². The van der Waals surface area contributed by atoms with Crippen LogP contribution in [-0.4, -0.2) is 5.78 Å². The van der Waals surface area contributed by atoms with Crippen molar-refractivity contribution < 1.29 is 4.79 Å². The Morgan fingerprint density at radius 2 is 1.57 bits per heavy atom. The molecule has 3 saturated carbocycles. The minimum absolute atomic E-state index is 0.166. The largest absolute Gasteiger partial charge is 0.295 e. The number of ketones is 1. The van der Waals surface area contributed by atoms with E-state index in [0.717, 1.165) is 12.3 Å². The zero-order chi connectivity index (χ0) is 26.4. The quantitative estimate of drug-likeness (QED) is 0.381. The van der Waals surface area contributed by atoms with Gasteiger partial charge in [0.25, 0.3) is 0 Å². The van der Waals surface area contributed by atoms with Crippen molar-refractivity contribution in [1.82, 2.24) is 0 Å². The summed E-state index contributed by atoms with van der Waals surface area (Å²) in [4.78, 5) is 13.7. The van der Waals surface area contributed by atoms with Gasteiger partial charge in [0.1, 0.15) is 0 Å². The first kappa shape index (κ1) is 27.4. The normalized spacial score (nSPS) is 45.0. The van der Waals surface area contributed by atoms with Gasteiger partial charge in [-0.25, -0.2) is 0 Å². The summed E-state index contributed by atoms with van der Waals surface area (Å²) in [5.41, 5.74) is 2.86. The summed E-state index contributed by atoms with van der Waals surface area (Å²) in [6, 6.07) is 0. The minimum atomic E-state index is 0.166. The standard InChI is InChI=1S/C34H58O/c1-21(2)30(6,7)20-24(5)31(8,9)29-14-16-33(11)26-18-28(35)27-17-22(3)23(4)19-32(27,10)25(26)13-15-34(29,33)12/h18,21-25,27,29H,13-17,19-20H2,1-12H3/t22-,23+,24-,25?,27+,29-,32-,33+,34-/m1/s1. The van der Waals surface area contributed by atoms with Gasteiger partial charge in [0.15, 0.2) is 5.78 Å². The van der Waals surface area contributed by atoms with E-state index in [2.05, 4.69) is 89.2 Å². The summed E-state index contributed by atoms with van der Waals surface area (Å²) in [5, 5.41) is 0. The van der Waals surface area contributed by atoms with E-state index < -0.39 is 0 Å². The summed E-state index contributed by atoms with van der Waals surface area (Å²) in [6.07, 6.45) is 11.0. The number of carbonyl (C=O) groups is 1. The minimum Gasteiger partial charge on any atom is -0.295 e. The fourth-order valence-electron chi connectivity index (χ4n) is 10.1. The Balaban J connectivity index is 1.68. The van der Waals surface area contributed by atoms with Crippen LogP contribution in [0, 0.1) is 68.5 Å². The molecule has 4 aliphatic carbocycles. The summed E-state index contributed by atoms with van der Waals surface area (Å²) >= 11 is 0. The van der Waals surface area contributed by atoms with E-state index in [0.29, 0.717) is 46.2 Å². The Morgan fingerprint density at radius 1 is 0.943 bits per heavy atom. The van der Waals surface area contributed by atoms with Gasteiger partial charge < -0.3 is 0 Å². The highest BCUT2D eigenvalue weighted by Crippen LogP contribution is 2.74. The maximum atomic E-state index is 13.7. The maximum absolute atomic E-state index is 13.7. The lowest BCUT2D eigenvalue weighted by Gasteiger charge is -2.62. The van der Waals surface area contributed by atoms with Crippen LogP contribution in [0.4, 0.5) is 0 Å². The predicted molar refractivity (Wildman–Crippen MR) is 150 cm³/mol. The average Bonchev–Trinajstić information content (AvgIpc) is 3.02. The first-order valence-electron chi connectivity index (χ1n) is 15.2. The third-order valence-corrected chi connectivity index (χ3v) is 14.1. The number of hydrogen-bond acceptors (Lipinski definition) is 1. The molecule has 0 N–H and O–H groups in total. The van der Waals surface area contributed by atoms with Gasteiger partial charge in [0.05, 0.1) is 0 Å². The number of carbonyl (C=O) groups excluding carboxylic acids is 1. The van der Waals surface area contributed by atoms with Crippen LogP contribution in [0.1, 0.15) is 128 Å². The lowest BCUT2D eigenvalue weighted by molar-refractivity contribution is -0.134. The van der Waals surface area contributed by atoms with Gasteiger partial charge in [-0.3, -0.25) is 4.79 Å². The molecule has 0 saturated heterocycles. The van der Waals surface area contributed by atoms with E-state index in [1.54, 1.807) is 5.57 Å². The Bertz CT molecular complexity index is 875. The van der Waals surface area contributed by atoms with E-state index in [9.17, 15) is 4.79 Å². The van der Waals surface area contributed by atoms with Crippen LogP contribution >= 0.6 is 0 Å². The zero-order valence-electron chi connectivity index (χ0n) is 25.5. The first-order chi connectivity index (χ1) is 15.9. The molecule has 0 aromatic heterocycles. The molecular weight excluding hydrogens is 424 g/mol. The van der Waals surface area contributed by atoms with Crippen molar-refractivity contribution >= 4 is 5.78 Å². The lowest BCUT2D eigenvalue weighted by Crippen LogP contribution is -2.56. The number of fused-ring (bicyclic) bond motifs is 5. The third kappa shape index (κ3) is 3.86. The van der Waals surface area contributed by atoms with E-state index in [1.165, 1.54) is 38.5 Å². The molecule has 0 radical (unpaired) electrons. The Labute approximate surface area is 218 Å². The Morgan fingerprint density at radius 3 is 2.17 bits per heavy atom. The summed E-state index contributed by atoms with van der Waals surface area (Å²) in [7, 11) is 0. The fraction of sp³-hybridized carbons (Fsp3) is 0.912. The SMILES string of the molecule is CC(C)C(C)(C)C[C@@H](C)C(C)(C)[C@H]1CC[C@@]2(C)C3=CC(=O)[C@@H]4C[C@@H](C)[C@@H](C)C[C@]4(C)C3CC[C@]12C. The van der Waals surface area contributed by atoms with Crippen LogP contribution in [-0.2, 0) is 4.79 Å². The van der Waals surface area contributed by atoms with Gasteiger partial charge >= 0.3 is 0 Å². The predicted octanol–water partition coefficient (Wildman–Crippen LogP) is 9.75. The van der Waals surface area contributed by atoms with Crippen molar-refractivity contribution in [2.75, 3.05) is 0 Å². The number of hydrogen-bond donors (Lipinski definition) is 0. The molecule has 35 heavy (non-hydrogen) atoms. The lowest BCUT2D eigenvalue weighted by atomic mass is 9.41. The molecule has 0 amide bonds. The van der Waals surface area contributed by atoms with Crippen molar-refractivity contribution in [2.24, 2.45) is 68.5 Å². The fourth-order valence-corrected chi connectivity index (χ4v) is 10.1. The molecule has 0 aromatic carbocycles. The van der Waals surface area contributed by atoms with Gasteiger partial charge in [-0.15, -0.1) is 0 Å². The summed E-state index contributed by atoms with van der Waals surface area (Å²) < 4.78 is 0. The van der Waals surface area contributed by atoms with Gasteiger partial charge in [0.2, 0.25) is 0 Å². The highest BCUT2D eigenvalue weighted by atomic mass is 16.1. The van der Waals surface area contributed by atoms with Crippen LogP contribution < -0.4 is 0 Å². The monoisotopic (exact) mass is 482 g/mol. The molecule has 200 valence electrons. The topological polar surface area (TPSA) is 17.1 Å². The van der Waals surface area contributed by atoms with Crippen LogP contribution in [0.2, 0.25) is 0 Å². The summed E-state index contributed by atoms with van der Waals surface area (Å²) in [6.45, 7) is 30.0. The van der Waals surface area contributed by atoms with Gasteiger partial charge in [-0.2, -0.15) is 0 Å². The molecule has 0 aliphatic heterocycles. The van der Waals surface area contributed by atoms with Crippen molar-refractivity contribution in [2.45, 2.75) is 128 Å². The molecular formula is C34H58O. The zero-order valence-corrected chi connectivity index (χ0v) is 25.5. The van der Waals surface area contributed by atoms with Crippen LogP contribution in [0.25, 0.3) is 0 Å². The van der Waals surface area contributed by atoms with Crippen molar-refractivity contribution in [1.29, 1.82) is 0 Å². The second-order valence-electron chi connectivity index (χ2n) is 16.5. The number of rotatable bonds is 5. The molecule has 0 bridgehead atoms. The average molecular weight is 483 g/mol. The van der Waals surface area contributed by atoms with Gasteiger partial charge in [-0.1, -0.05) is 88.7 Å². The highest BCUT2D eigenvalue weighted by molar-refractivity contribution is 5.94. The van der Waals surface area contributed by atoms with E-state index in [4.69, 9.17) is 0 Å². The van der Waals surface area contributed by atoms with Crippen molar-refractivity contribution in [3.63, 3.8) is 0 Å². The molecule has 0 heterocycles. The van der Waals surface area contributed by atoms with Crippen molar-refractivity contribution in [3.05, 3.63) is 11.6 Å². The molecule has 1 heteroatoms. The summed E-state index contributed by atoms with van der Waals surface area (Å²) in [5.74, 6) is 4.83. The Hall–Kier alpha value is -0.590. The molecule has 9 atom stereocenters. The molecule has 4 rings (SSSR count). The molecule has 3 fully saturated rings. The van der Waals surface area contributed by atoms with Crippen LogP contribution in [0.15, 0.2) is 11.6 Å². The molecule has 1 unspecified atom stereocenters. The first-order valence-corrected chi connectivity index (χ1v) is 15.2. The van der Waals surface area contributed by atoms with Crippen LogP contribution in [0.5, 0.6) is 0 Å². The molecule has 0 spiro atoms. The molecule has 4 aliphatic rings. The number of allylic oxidation sites excluding steroid dienone is 2. The Kier molecular flexibility index (Phi) is 6.63. The van der Waals surface area contributed by atoms with Crippen molar-refractivity contribution in [3.8, 4) is 0 Å². The second kappa shape index (κ2) is 8.46. The van der Waals surface area contributed by atoms with E-state index in [-0.39, 0.29) is 22.2 Å². The van der Waals surface area contributed by atoms with E-state index >= 15 is 0 Å². The molecule has 0 aromatic rings. The van der Waals surface area contributed by atoms with Crippen LogP contribution in [0.3, 0.4) is 0 Å². The van der Waals surface area contributed by atoms with Gasteiger partial charge in [0, 0.05) is 5.92 Å².